The summed E-state index contributed by atoms with van der Waals surface area (Å²) in [5.74, 6) is -0.615. The van der Waals surface area contributed by atoms with E-state index in [4.69, 9.17) is 0 Å². The SMILES string of the molecule is CN(C)CCN(C)C[C@@]1(O)CCCN(Cc2ccccc2F)C1=O. The lowest BCUT2D eigenvalue weighted by molar-refractivity contribution is -0.159. The second kappa shape index (κ2) is 8.05. The Morgan fingerprint density at radius 1 is 1.25 bits per heavy atom. The van der Waals surface area contributed by atoms with E-state index in [1.54, 1.807) is 23.1 Å². The minimum atomic E-state index is -1.38. The van der Waals surface area contributed by atoms with Gasteiger partial charge in [-0.15, -0.1) is 0 Å². The Kier molecular flexibility index (Phi) is 6.32. The van der Waals surface area contributed by atoms with Crippen LogP contribution in [0.15, 0.2) is 24.3 Å². The van der Waals surface area contributed by atoms with E-state index in [-0.39, 0.29) is 18.3 Å². The molecule has 1 atom stereocenters. The number of piperidine rings is 1. The van der Waals surface area contributed by atoms with Gasteiger partial charge in [0.2, 0.25) is 0 Å². The Morgan fingerprint density at radius 3 is 2.62 bits per heavy atom. The number of carbonyl (C=O) groups excluding carboxylic acids is 1. The van der Waals surface area contributed by atoms with E-state index in [2.05, 4.69) is 4.90 Å². The molecule has 0 aliphatic carbocycles. The first kappa shape index (κ1) is 18.8. The van der Waals surface area contributed by atoms with Crippen molar-refractivity contribution >= 4 is 5.91 Å². The van der Waals surface area contributed by atoms with E-state index < -0.39 is 5.60 Å². The molecule has 1 aromatic rings. The average Bonchev–Trinajstić information content (AvgIpc) is 2.52. The third-order valence-electron chi connectivity index (χ3n) is 4.48. The van der Waals surface area contributed by atoms with Gasteiger partial charge >= 0.3 is 0 Å². The normalized spacial score (nSPS) is 21.8. The maximum atomic E-state index is 13.8. The molecule has 6 heteroatoms. The van der Waals surface area contributed by atoms with Crippen LogP contribution in [0.3, 0.4) is 0 Å². The zero-order valence-electron chi connectivity index (χ0n) is 14.8. The largest absolute Gasteiger partial charge is 0.379 e. The highest BCUT2D eigenvalue weighted by Crippen LogP contribution is 2.25. The zero-order valence-corrected chi connectivity index (χ0v) is 14.8. The van der Waals surface area contributed by atoms with Crippen LogP contribution in [0.25, 0.3) is 0 Å². The molecular formula is C18H28FN3O2. The number of rotatable bonds is 7. The summed E-state index contributed by atoms with van der Waals surface area (Å²) < 4.78 is 13.8. The van der Waals surface area contributed by atoms with E-state index >= 15 is 0 Å². The van der Waals surface area contributed by atoms with Crippen LogP contribution in [0, 0.1) is 5.82 Å². The van der Waals surface area contributed by atoms with E-state index in [1.165, 1.54) is 6.07 Å². The van der Waals surface area contributed by atoms with Gasteiger partial charge in [0.25, 0.3) is 5.91 Å². The summed E-state index contributed by atoms with van der Waals surface area (Å²) in [6.07, 6.45) is 1.17. The van der Waals surface area contributed by atoms with E-state index in [0.29, 0.717) is 25.1 Å². The Hall–Kier alpha value is -1.50. The number of halogens is 1. The first-order chi connectivity index (χ1) is 11.3. The Labute approximate surface area is 143 Å². The summed E-state index contributed by atoms with van der Waals surface area (Å²) in [6, 6.07) is 6.46. The lowest BCUT2D eigenvalue weighted by Gasteiger charge is -2.40. The van der Waals surface area contributed by atoms with Crippen LogP contribution in [0.5, 0.6) is 0 Å². The average molecular weight is 337 g/mol. The van der Waals surface area contributed by atoms with Gasteiger partial charge in [0, 0.05) is 38.3 Å². The quantitative estimate of drug-likeness (QED) is 0.811. The maximum Gasteiger partial charge on any atom is 0.256 e. The molecule has 5 nitrogen and oxygen atoms in total. The van der Waals surface area contributed by atoms with Gasteiger partial charge in [-0.1, -0.05) is 18.2 Å². The molecule has 24 heavy (non-hydrogen) atoms. The molecule has 0 aromatic heterocycles. The van der Waals surface area contributed by atoms with Crippen molar-refractivity contribution in [2.75, 3.05) is 47.3 Å². The fourth-order valence-electron chi connectivity index (χ4n) is 3.09. The molecule has 0 spiro atoms. The van der Waals surface area contributed by atoms with Crippen LogP contribution >= 0.6 is 0 Å². The monoisotopic (exact) mass is 337 g/mol. The summed E-state index contributed by atoms with van der Waals surface area (Å²) >= 11 is 0. The number of likely N-dealkylation sites (tertiary alicyclic amines) is 1. The van der Waals surface area contributed by atoms with Crippen molar-refractivity contribution < 1.29 is 14.3 Å². The van der Waals surface area contributed by atoms with Gasteiger partial charge in [0.05, 0.1) is 0 Å². The number of amides is 1. The summed E-state index contributed by atoms with van der Waals surface area (Å²) in [4.78, 5) is 18.4. The Morgan fingerprint density at radius 2 is 1.96 bits per heavy atom. The lowest BCUT2D eigenvalue weighted by Crippen LogP contribution is -2.58. The summed E-state index contributed by atoms with van der Waals surface area (Å²) in [5.41, 5.74) is -0.902. The Balaban J connectivity index is 2.01. The van der Waals surface area contributed by atoms with Crippen LogP contribution in [-0.4, -0.2) is 78.6 Å². The van der Waals surface area contributed by atoms with Crippen molar-refractivity contribution in [3.05, 3.63) is 35.6 Å². The molecule has 0 radical (unpaired) electrons. The standard InChI is InChI=1S/C18H28FN3O2/c1-20(2)11-12-21(3)14-18(24)9-6-10-22(17(18)23)13-15-7-4-5-8-16(15)19/h4-5,7-8,24H,6,9-14H2,1-3H3/t18-/m0/s1. The molecule has 0 saturated carbocycles. The third-order valence-corrected chi connectivity index (χ3v) is 4.48. The molecule has 1 heterocycles. The highest BCUT2D eigenvalue weighted by atomic mass is 19.1. The van der Waals surface area contributed by atoms with Gasteiger partial charge in [-0.3, -0.25) is 4.79 Å². The van der Waals surface area contributed by atoms with E-state index in [1.807, 2.05) is 26.0 Å². The molecule has 1 saturated heterocycles. The van der Waals surface area contributed by atoms with Crippen molar-refractivity contribution in [3.8, 4) is 0 Å². The summed E-state index contributed by atoms with van der Waals surface area (Å²) in [6.45, 7) is 2.69. The minimum Gasteiger partial charge on any atom is -0.379 e. The van der Waals surface area contributed by atoms with Gasteiger partial charge in [0.1, 0.15) is 5.82 Å². The number of likely N-dealkylation sites (N-methyl/N-ethyl adjacent to an activating group) is 2. The molecule has 134 valence electrons. The second-order valence-electron chi connectivity index (χ2n) is 6.99. The van der Waals surface area contributed by atoms with Crippen LogP contribution in [0.2, 0.25) is 0 Å². The molecule has 1 fully saturated rings. The predicted molar refractivity (Wildman–Crippen MR) is 92.1 cm³/mol. The van der Waals surface area contributed by atoms with Crippen molar-refractivity contribution in [2.24, 2.45) is 0 Å². The van der Waals surface area contributed by atoms with Crippen LogP contribution in [0.4, 0.5) is 4.39 Å². The second-order valence-corrected chi connectivity index (χ2v) is 6.99. The number of aliphatic hydroxyl groups is 1. The third kappa shape index (κ3) is 4.75. The topological polar surface area (TPSA) is 47.0 Å². The zero-order chi connectivity index (χ0) is 17.7. The molecule has 0 bridgehead atoms. The molecule has 1 aromatic carbocycles. The van der Waals surface area contributed by atoms with Gasteiger partial charge in [-0.2, -0.15) is 0 Å². The van der Waals surface area contributed by atoms with Crippen molar-refractivity contribution in [2.45, 2.75) is 25.0 Å². The first-order valence-electron chi connectivity index (χ1n) is 8.40. The van der Waals surface area contributed by atoms with Gasteiger partial charge < -0.3 is 19.8 Å². The number of benzene rings is 1. The fourth-order valence-corrected chi connectivity index (χ4v) is 3.09. The Bertz CT molecular complexity index is 567. The highest BCUT2D eigenvalue weighted by Gasteiger charge is 2.42. The number of carbonyl (C=O) groups is 1. The van der Waals surface area contributed by atoms with Crippen molar-refractivity contribution in [1.29, 1.82) is 0 Å². The molecule has 2 rings (SSSR count). The van der Waals surface area contributed by atoms with E-state index in [9.17, 15) is 14.3 Å². The van der Waals surface area contributed by atoms with Crippen LogP contribution < -0.4 is 0 Å². The van der Waals surface area contributed by atoms with Crippen molar-refractivity contribution in [3.63, 3.8) is 0 Å². The number of hydrogen-bond donors (Lipinski definition) is 1. The van der Waals surface area contributed by atoms with Gasteiger partial charge in [-0.05, 0) is 40.1 Å². The predicted octanol–water partition coefficient (Wildman–Crippen LogP) is 1.17. The maximum absolute atomic E-state index is 13.8. The molecule has 1 N–H and O–H groups in total. The first-order valence-corrected chi connectivity index (χ1v) is 8.40. The molecule has 0 unspecified atom stereocenters. The van der Waals surface area contributed by atoms with E-state index in [0.717, 1.165) is 19.5 Å². The van der Waals surface area contributed by atoms with Gasteiger partial charge in [0.15, 0.2) is 5.60 Å². The lowest BCUT2D eigenvalue weighted by atomic mass is 9.90. The molecule has 1 amide bonds. The van der Waals surface area contributed by atoms with Crippen LogP contribution in [0.1, 0.15) is 18.4 Å². The highest BCUT2D eigenvalue weighted by molar-refractivity contribution is 5.86. The van der Waals surface area contributed by atoms with Gasteiger partial charge in [-0.25, -0.2) is 4.39 Å². The molecular weight excluding hydrogens is 309 g/mol. The minimum absolute atomic E-state index is 0.204. The van der Waals surface area contributed by atoms with Crippen LogP contribution in [-0.2, 0) is 11.3 Å². The summed E-state index contributed by atoms with van der Waals surface area (Å²) in [5, 5.41) is 10.9. The molecule has 1 aliphatic rings. The molecule has 1 aliphatic heterocycles. The number of hydrogen-bond acceptors (Lipinski definition) is 4. The summed E-state index contributed by atoms with van der Waals surface area (Å²) in [7, 11) is 5.89. The fraction of sp³-hybridized carbons (Fsp3) is 0.611. The van der Waals surface area contributed by atoms with Crippen molar-refractivity contribution in [1.82, 2.24) is 14.7 Å². The number of nitrogens with zero attached hydrogens (tertiary/aromatic N) is 3. The smallest absolute Gasteiger partial charge is 0.256 e.